The van der Waals surface area contributed by atoms with Gasteiger partial charge in [0.2, 0.25) is 0 Å². The zero-order valence-electron chi connectivity index (χ0n) is 10.2. The van der Waals surface area contributed by atoms with Crippen molar-refractivity contribution < 1.29 is 0 Å². The number of halogens is 1. The number of nitrogens with zero attached hydrogens (tertiary/aromatic N) is 2. The summed E-state index contributed by atoms with van der Waals surface area (Å²) < 4.78 is 1.09. The molecule has 1 aromatic heterocycles. The van der Waals surface area contributed by atoms with Gasteiger partial charge in [-0.15, -0.1) is 0 Å². The van der Waals surface area contributed by atoms with Gasteiger partial charge in [0.15, 0.2) is 0 Å². The number of hydrogen-bond acceptors (Lipinski definition) is 4. The van der Waals surface area contributed by atoms with Crippen LogP contribution in [-0.4, -0.2) is 17.0 Å². The first-order valence-corrected chi connectivity index (χ1v) is 7.22. The average molecular weight is 324 g/mol. The van der Waals surface area contributed by atoms with Crippen LogP contribution in [0, 0.1) is 0 Å². The Hall–Kier alpha value is -0.910. The molecule has 0 fully saturated rings. The van der Waals surface area contributed by atoms with Crippen LogP contribution in [0.1, 0.15) is 18.5 Å². The molecule has 0 amide bonds. The van der Waals surface area contributed by atoms with Gasteiger partial charge in [-0.25, -0.2) is 9.97 Å². The monoisotopic (exact) mass is 323 g/mol. The Balaban J connectivity index is 2.20. The van der Waals surface area contributed by atoms with Gasteiger partial charge in [0.05, 0.1) is 0 Å². The highest BCUT2D eigenvalue weighted by atomic mass is 79.9. The SMILES string of the molecule is CNC(C)c1ccc(Sc2ccncn2)c(Br)c1. The van der Waals surface area contributed by atoms with E-state index in [0.29, 0.717) is 6.04 Å². The first-order valence-electron chi connectivity index (χ1n) is 5.61. The lowest BCUT2D eigenvalue weighted by atomic mass is 10.1. The van der Waals surface area contributed by atoms with Gasteiger partial charge in [-0.3, -0.25) is 0 Å². The summed E-state index contributed by atoms with van der Waals surface area (Å²) in [6.07, 6.45) is 3.31. The summed E-state index contributed by atoms with van der Waals surface area (Å²) in [5, 5.41) is 4.17. The lowest BCUT2D eigenvalue weighted by Crippen LogP contribution is -2.12. The Labute approximate surface area is 120 Å². The molecule has 2 aromatic rings. The Morgan fingerprint density at radius 1 is 1.33 bits per heavy atom. The molecular weight excluding hydrogens is 310 g/mol. The summed E-state index contributed by atoms with van der Waals surface area (Å²) in [7, 11) is 1.96. The fourth-order valence-corrected chi connectivity index (χ4v) is 2.87. The molecule has 18 heavy (non-hydrogen) atoms. The smallest absolute Gasteiger partial charge is 0.116 e. The summed E-state index contributed by atoms with van der Waals surface area (Å²) >= 11 is 5.23. The van der Waals surface area contributed by atoms with E-state index in [-0.39, 0.29) is 0 Å². The molecule has 0 spiro atoms. The third kappa shape index (κ3) is 3.31. The highest BCUT2D eigenvalue weighted by Crippen LogP contribution is 2.33. The Morgan fingerprint density at radius 3 is 2.78 bits per heavy atom. The summed E-state index contributed by atoms with van der Waals surface area (Å²) in [6, 6.07) is 8.64. The highest BCUT2D eigenvalue weighted by molar-refractivity contribution is 9.10. The van der Waals surface area contributed by atoms with Gasteiger partial charge in [-0.05, 0) is 53.7 Å². The van der Waals surface area contributed by atoms with E-state index in [4.69, 9.17) is 0 Å². The average Bonchev–Trinajstić information content (AvgIpc) is 2.41. The van der Waals surface area contributed by atoms with Crippen LogP contribution < -0.4 is 5.32 Å². The number of rotatable bonds is 4. The Bertz CT molecular complexity index is 519. The fourth-order valence-electron chi connectivity index (χ4n) is 1.49. The quantitative estimate of drug-likeness (QED) is 0.871. The molecule has 2 rings (SSSR count). The van der Waals surface area contributed by atoms with Gasteiger partial charge in [-0.2, -0.15) is 0 Å². The van der Waals surface area contributed by atoms with Gasteiger partial charge in [0, 0.05) is 21.6 Å². The van der Waals surface area contributed by atoms with Crippen molar-refractivity contribution in [3.8, 4) is 0 Å². The molecule has 3 nitrogen and oxygen atoms in total. The lowest BCUT2D eigenvalue weighted by Gasteiger charge is -2.12. The Morgan fingerprint density at radius 2 is 2.17 bits per heavy atom. The third-order valence-corrected chi connectivity index (χ3v) is 4.60. The highest BCUT2D eigenvalue weighted by Gasteiger charge is 2.07. The Kier molecular flexibility index (Phi) is 4.74. The van der Waals surface area contributed by atoms with Crippen LogP contribution in [0.15, 0.2) is 51.2 Å². The van der Waals surface area contributed by atoms with Gasteiger partial charge < -0.3 is 5.32 Å². The van der Waals surface area contributed by atoms with Crippen molar-refractivity contribution in [3.05, 3.63) is 46.8 Å². The van der Waals surface area contributed by atoms with E-state index in [9.17, 15) is 0 Å². The molecule has 0 saturated heterocycles. The maximum atomic E-state index is 4.21. The van der Waals surface area contributed by atoms with Crippen LogP contribution in [0.4, 0.5) is 0 Å². The topological polar surface area (TPSA) is 37.8 Å². The van der Waals surface area contributed by atoms with E-state index >= 15 is 0 Å². The molecule has 0 saturated carbocycles. The molecule has 1 unspecified atom stereocenters. The predicted molar refractivity (Wildman–Crippen MR) is 77.8 cm³/mol. The molecule has 0 aliphatic carbocycles. The van der Waals surface area contributed by atoms with Crippen LogP contribution in [0.5, 0.6) is 0 Å². The normalized spacial score (nSPS) is 12.4. The number of aromatic nitrogens is 2. The van der Waals surface area contributed by atoms with Crippen LogP contribution in [-0.2, 0) is 0 Å². The molecule has 1 N–H and O–H groups in total. The minimum absolute atomic E-state index is 0.347. The molecule has 0 radical (unpaired) electrons. The van der Waals surface area contributed by atoms with Crippen molar-refractivity contribution in [2.45, 2.75) is 22.9 Å². The van der Waals surface area contributed by atoms with Gasteiger partial charge in [0.25, 0.3) is 0 Å². The summed E-state index contributed by atoms with van der Waals surface area (Å²) in [5.41, 5.74) is 1.26. The first kappa shape index (κ1) is 13.5. The molecule has 0 bridgehead atoms. The zero-order chi connectivity index (χ0) is 13.0. The number of benzene rings is 1. The maximum Gasteiger partial charge on any atom is 0.116 e. The minimum atomic E-state index is 0.347. The standard InChI is InChI=1S/C13H14BrN3S/c1-9(15-2)10-3-4-12(11(14)7-10)18-13-5-6-16-8-17-13/h3-9,15H,1-2H3. The van der Waals surface area contributed by atoms with E-state index in [1.54, 1.807) is 24.3 Å². The van der Waals surface area contributed by atoms with Crippen LogP contribution >= 0.6 is 27.7 Å². The van der Waals surface area contributed by atoms with Gasteiger partial charge in [-0.1, -0.05) is 17.8 Å². The summed E-state index contributed by atoms with van der Waals surface area (Å²) in [4.78, 5) is 9.27. The van der Waals surface area contributed by atoms with E-state index in [1.807, 2.05) is 13.1 Å². The summed E-state index contributed by atoms with van der Waals surface area (Å²) in [6.45, 7) is 2.14. The molecule has 5 heteroatoms. The van der Waals surface area contributed by atoms with Crippen molar-refractivity contribution >= 4 is 27.7 Å². The van der Waals surface area contributed by atoms with Crippen LogP contribution in [0.2, 0.25) is 0 Å². The van der Waals surface area contributed by atoms with E-state index < -0.39 is 0 Å². The maximum absolute atomic E-state index is 4.21. The zero-order valence-corrected chi connectivity index (χ0v) is 12.6. The fraction of sp³-hybridized carbons (Fsp3) is 0.231. The second-order valence-electron chi connectivity index (χ2n) is 3.85. The van der Waals surface area contributed by atoms with Crippen LogP contribution in [0.25, 0.3) is 0 Å². The van der Waals surface area contributed by atoms with Crippen molar-refractivity contribution in [1.29, 1.82) is 0 Å². The summed E-state index contributed by atoms with van der Waals surface area (Å²) in [5.74, 6) is 0. The second-order valence-corrected chi connectivity index (χ2v) is 5.77. The largest absolute Gasteiger partial charge is 0.313 e. The van der Waals surface area contributed by atoms with E-state index in [2.05, 4.69) is 56.3 Å². The van der Waals surface area contributed by atoms with Crippen molar-refractivity contribution in [1.82, 2.24) is 15.3 Å². The van der Waals surface area contributed by atoms with Gasteiger partial charge >= 0.3 is 0 Å². The lowest BCUT2D eigenvalue weighted by molar-refractivity contribution is 0.651. The number of hydrogen-bond donors (Lipinski definition) is 1. The molecular formula is C13H14BrN3S. The van der Waals surface area contributed by atoms with E-state index in [1.165, 1.54) is 5.56 Å². The molecule has 1 aromatic carbocycles. The van der Waals surface area contributed by atoms with Crippen molar-refractivity contribution in [2.75, 3.05) is 7.05 Å². The minimum Gasteiger partial charge on any atom is -0.313 e. The molecule has 0 aliphatic rings. The van der Waals surface area contributed by atoms with E-state index in [0.717, 1.165) is 14.4 Å². The molecule has 0 aliphatic heterocycles. The first-order chi connectivity index (χ1) is 8.70. The molecule has 1 heterocycles. The van der Waals surface area contributed by atoms with Crippen LogP contribution in [0.3, 0.4) is 0 Å². The second kappa shape index (κ2) is 6.31. The van der Waals surface area contributed by atoms with Crippen molar-refractivity contribution in [3.63, 3.8) is 0 Å². The van der Waals surface area contributed by atoms with Gasteiger partial charge in [0.1, 0.15) is 11.4 Å². The molecule has 94 valence electrons. The number of nitrogens with one attached hydrogen (secondary N) is 1. The molecule has 1 atom stereocenters. The third-order valence-electron chi connectivity index (χ3n) is 2.66. The van der Waals surface area contributed by atoms with Crippen molar-refractivity contribution in [2.24, 2.45) is 0 Å². The predicted octanol–water partition coefficient (Wildman–Crippen LogP) is 3.67.